The van der Waals surface area contributed by atoms with Crippen LogP contribution in [0, 0.1) is 0 Å². The Balaban J connectivity index is 2.50. The topological polar surface area (TPSA) is 39.7 Å². The van der Waals surface area contributed by atoms with Crippen molar-refractivity contribution in [3.8, 4) is 0 Å². The third kappa shape index (κ3) is 3.42. The second-order valence-corrected chi connectivity index (χ2v) is 4.24. The van der Waals surface area contributed by atoms with Gasteiger partial charge in [0.1, 0.15) is 5.60 Å². The molecule has 1 N–H and O–H groups in total. The molecule has 0 aromatic carbocycles. The molecule has 0 radical (unpaired) electrons. The first-order chi connectivity index (χ1) is 7.64. The van der Waals surface area contributed by atoms with Crippen molar-refractivity contribution in [2.45, 2.75) is 52.1 Å². The van der Waals surface area contributed by atoms with E-state index in [0.29, 0.717) is 6.61 Å². The molecule has 0 aromatic heterocycles. The van der Waals surface area contributed by atoms with Crippen LogP contribution in [0.15, 0.2) is 0 Å². The molecule has 0 spiro atoms. The molecule has 0 amide bonds. The molecule has 0 bridgehead atoms. The Morgan fingerprint density at radius 1 is 1.38 bits per heavy atom. The minimum atomic E-state index is -0.205. The molecule has 3 atom stereocenters. The predicted octanol–water partition coefficient (Wildman–Crippen LogP) is 1.54. The van der Waals surface area contributed by atoms with Crippen LogP contribution in [0.1, 0.15) is 34.1 Å². The van der Waals surface area contributed by atoms with Gasteiger partial charge in [-0.25, -0.2) is 0 Å². The smallest absolute Gasteiger partial charge is 0.155 e. The first kappa shape index (κ1) is 13.9. The van der Waals surface area contributed by atoms with E-state index in [1.165, 1.54) is 0 Å². The predicted molar refractivity (Wildman–Crippen MR) is 63.5 cm³/mol. The summed E-state index contributed by atoms with van der Waals surface area (Å²) < 4.78 is 17.1. The Kier molecular flexibility index (Phi) is 5.69. The van der Waals surface area contributed by atoms with Crippen LogP contribution in [0.5, 0.6) is 0 Å². The molecule has 16 heavy (non-hydrogen) atoms. The summed E-state index contributed by atoms with van der Waals surface area (Å²) in [5.41, 5.74) is -0.205. The van der Waals surface area contributed by atoms with E-state index in [-0.39, 0.29) is 18.0 Å². The van der Waals surface area contributed by atoms with Crippen LogP contribution >= 0.6 is 0 Å². The molecular weight excluding hydrogens is 206 g/mol. The highest BCUT2D eigenvalue weighted by Crippen LogP contribution is 2.25. The quantitative estimate of drug-likeness (QED) is 0.704. The highest BCUT2D eigenvalue weighted by atomic mass is 16.7. The normalized spacial score (nSPS) is 30.0. The largest absolute Gasteiger partial charge is 0.370 e. The standard InChI is InChI=1S/C12H25NO3/c1-5-12(9-13-7-8-15-12)10(3)16-11(4)14-6-2/h10-11,13H,5-9H2,1-4H3. The molecule has 1 heterocycles. The van der Waals surface area contributed by atoms with Gasteiger partial charge in [-0.2, -0.15) is 0 Å². The van der Waals surface area contributed by atoms with E-state index in [9.17, 15) is 0 Å². The Morgan fingerprint density at radius 2 is 2.12 bits per heavy atom. The Morgan fingerprint density at radius 3 is 2.62 bits per heavy atom. The van der Waals surface area contributed by atoms with E-state index < -0.39 is 0 Å². The highest BCUT2D eigenvalue weighted by molar-refractivity contribution is 4.90. The lowest BCUT2D eigenvalue weighted by molar-refractivity contribution is -0.220. The molecule has 4 nitrogen and oxygen atoms in total. The van der Waals surface area contributed by atoms with Crippen molar-refractivity contribution in [3.05, 3.63) is 0 Å². The van der Waals surface area contributed by atoms with Gasteiger partial charge in [0, 0.05) is 19.7 Å². The number of hydrogen-bond donors (Lipinski definition) is 1. The van der Waals surface area contributed by atoms with Gasteiger partial charge in [-0.1, -0.05) is 6.92 Å². The van der Waals surface area contributed by atoms with Gasteiger partial charge in [0.2, 0.25) is 0 Å². The highest BCUT2D eigenvalue weighted by Gasteiger charge is 2.38. The van der Waals surface area contributed by atoms with Gasteiger partial charge >= 0.3 is 0 Å². The lowest BCUT2D eigenvalue weighted by Crippen LogP contribution is -2.57. The fourth-order valence-electron chi connectivity index (χ4n) is 2.14. The minimum Gasteiger partial charge on any atom is -0.370 e. The molecule has 0 aromatic rings. The SMILES string of the molecule is CCOC(C)OC(C)C1(CC)CNCCO1. The zero-order valence-electron chi connectivity index (χ0n) is 10.9. The maximum Gasteiger partial charge on any atom is 0.155 e. The van der Waals surface area contributed by atoms with E-state index in [2.05, 4.69) is 19.2 Å². The number of rotatable bonds is 6. The molecule has 0 aliphatic carbocycles. The monoisotopic (exact) mass is 231 g/mol. The lowest BCUT2D eigenvalue weighted by atomic mass is 9.93. The molecule has 1 fully saturated rings. The zero-order valence-corrected chi connectivity index (χ0v) is 10.9. The molecule has 96 valence electrons. The van der Waals surface area contributed by atoms with Crippen molar-refractivity contribution in [2.75, 3.05) is 26.3 Å². The van der Waals surface area contributed by atoms with Crippen LogP contribution in [-0.2, 0) is 14.2 Å². The molecular formula is C12H25NO3. The summed E-state index contributed by atoms with van der Waals surface area (Å²) in [6, 6.07) is 0. The van der Waals surface area contributed by atoms with E-state index in [1.807, 2.05) is 13.8 Å². The van der Waals surface area contributed by atoms with Crippen molar-refractivity contribution >= 4 is 0 Å². The average Bonchev–Trinajstić information content (AvgIpc) is 2.30. The van der Waals surface area contributed by atoms with E-state index >= 15 is 0 Å². The van der Waals surface area contributed by atoms with Crippen molar-refractivity contribution < 1.29 is 14.2 Å². The van der Waals surface area contributed by atoms with Gasteiger partial charge in [0.05, 0.1) is 12.7 Å². The summed E-state index contributed by atoms with van der Waals surface area (Å²) in [5.74, 6) is 0. The van der Waals surface area contributed by atoms with E-state index in [0.717, 1.165) is 26.1 Å². The maximum atomic E-state index is 5.91. The van der Waals surface area contributed by atoms with Crippen molar-refractivity contribution in [1.29, 1.82) is 0 Å². The van der Waals surface area contributed by atoms with Crippen LogP contribution in [0.25, 0.3) is 0 Å². The lowest BCUT2D eigenvalue weighted by Gasteiger charge is -2.42. The van der Waals surface area contributed by atoms with Gasteiger partial charge in [-0.3, -0.25) is 0 Å². The summed E-state index contributed by atoms with van der Waals surface area (Å²) in [5, 5.41) is 3.37. The van der Waals surface area contributed by atoms with Crippen LogP contribution in [0.3, 0.4) is 0 Å². The number of hydrogen-bond acceptors (Lipinski definition) is 4. The summed E-state index contributed by atoms with van der Waals surface area (Å²) in [6.07, 6.45) is 0.806. The molecule has 4 heteroatoms. The van der Waals surface area contributed by atoms with Gasteiger partial charge in [0.25, 0.3) is 0 Å². The third-order valence-electron chi connectivity index (χ3n) is 3.23. The van der Waals surface area contributed by atoms with Gasteiger partial charge < -0.3 is 19.5 Å². The van der Waals surface area contributed by atoms with Crippen LogP contribution < -0.4 is 5.32 Å². The summed E-state index contributed by atoms with van der Waals surface area (Å²) in [4.78, 5) is 0. The van der Waals surface area contributed by atoms with Gasteiger partial charge in [0.15, 0.2) is 6.29 Å². The second kappa shape index (κ2) is 6.55. The Bertz CT molecular complexity index is 193. The van der Waals surface area contributed by atoms with Crippen molar-refractivity contribution in [1.82, 2.24) is 5.32 Å². The fraction of sp³-hybridized carbons (Fsp3) is 1.00. The number of nitrogens with one attached hydrogen (secondary N) is 1. The fourth-order valence-corrected chi connectivity index (χ4v) is 2.14. The first-order valence-electron chi connectivity index (χ1n) is 6.26. The summed E-state index contributed by atoms with van der Waals surface area (Å²) in [7, 11) is 0. The minimum absolute atomic E-state index is 0.0341. The van der Waals surface area contributed by atoms with Gasteiger partial charge in [-0.15, -0.1) is 0 Å². The van der Waals surface area contributed by atoms with Crippen molar-refractivity contribution in [3.63, 3.8) is 0 Å². The second-order valence-electron chi connectivity index (χ2n) is 4.24. The summed E-state index contributed by atoms with van der Waals surface area (Å²) >= 11 is 0. The summed E-state index contributed by atoms with van der Waals surface area (Å²) in [6.45, 7) is 11.3. The molecule has 1 rings (SSSR count). The molecule has 1 aliphatic rings. The van der Waals surface area contributed by atoms with Crippen LogP contribution in [0.4, 0.5) is 0 Å². The molecule has 0 saturated carbocycles. The third-order valence-corrected chi connectivity index (χ3v) is 3.23. The zero-order chi connectivity index (χ0) is 12.0. The first-order valence-corrected chi connectivity index (χ1v) is 6.26. The number of morpholine rings is 1. The van der Waals surface area contributed by atoms with Crippen LogP contribution in [0.2, 0.25) is 0 Å². The van der Waals surface area contributed by atoms with Gasteiger partial charge in [-0.05, 0) is 27.2 Å². The maximum absolute atomic E-state index is 5.91. The van der Waals surface area contributed by atoms with E-state index in [4.69, 9.17) is 14.2 Å². The Hall–Kier alpha value is -0.160. The van der Waals surface area contributed by atoms with E-state index in [1.54, 1.807) is 0 Å². The van der Waals surface area contributed by atoms with Crippen molar-refractivity contribution in [2.24, 2.45) is 0 Å². The molecule has 1 aliphatic heterocycles. The molecule has 1 saturated heterocycles. The Labute approximate surface area is 98.6 Å². The molecule has 3 unspecified atom stereocenters. The average molecular weight is 231 g/mol. The van der Waals surface area contributed by atoms with Crippen LogP contribution in [-0.4, -0.2) is 44.3 Å². The number of ether oxygens (including phenoxy) is 3.